The quantitative estimate of drug-likeness (QED) is 0.566. The molecule has 1 amide bonds. The van der Waals surface area contributed by atoms with E-state index in [0.29, 0.717) is 5.69 Å². The molecule has 0 fully saturated rings. The van der Waals surface area contributed by atoms with Crippen molar-refractivity contribution in [3.63, 3.8) is 0 Å². The third-order valence-electron chi connectivity index (χ3n) is 1.14. The minimum absolute atomic E-state index is 0.178. The summed E-state index contributed by atoms with van der Waals surface area (Å²) in [5, 5.41) is 7.32. The van der Waals surface area contributed by atoms with E-state index in [1.807, 2.05) is 0 Å². The normalized spacial score (nSPS) is 9.09. The molecule has 11 heavy (non-hydrogen) atoms. The van der Waals surface area contributed by atoms with E-state index < -0.39 is 0 Å². The van der Waals surface area contributed by atoms with E-state index >= 15 is 0 Å². The van der Waals surface area contributed by atoms with Crippen LogP contribution in [-0.4, -0.2) is 22.8 Å². The molecule has 56 valence electrons. The Morgan fingerprint density at radius 1 is 1.73 bits per heavy atom. The highest BCUT2D eigenvalue weighted by molar-refractivity contribution is 5.82. The van der Waals surface area contributed by atoms with Crippen molar-refractivity contribution >= 4 is 12.6 Å². The number of hydrogen-bond donors (Lipinski definition) is 0. The molecule has 1 aromatic rings. The van der Waals surface area contributed by atoms with Crippen LogP contribution in [0.1, 0.15) is 5.69 Å². The van der Waals surface area contributed by atoms with Crippen LogP contribution in [0.3, 0.4) is 0 Å². The highest BCUT2D eigenvalue weighted by atomic mass is 16.1. The SMILES string of the molecule is C=NC(=O)Cc1cccnn1. The number of aliphatic imine (C=N–C) groups is 1. The topological polar surface area (TPSA) is 55.2 Å². The third-order valence-corrected chi connectivity index (χ3v) is 1.14. The Bertz CT molecular complexity index is 258. The Labute approximate surface area is 64.0 Å². The summed E-state index contributed by atoms with van der Waals surface area (Å²) in [6, 6.07) is 3.44. The lowest BCUT2D eigenvalue weighted by Gasteiger charge is -1.91. The molecule has 0 bridgehead atoms. The molecule has 0 radical (unpaired) electrons. The van der Waals surface area contributed by atoms with Gasteiger partial charge in [-0.05, 0) is 18.9 Å². The summed E-state index contributed by atoms with van der Waals surface area (Å²) in [5.74, 6) is -0.287. The van der Waals surface area contributed by atoms with E-state index in [0.717, 1.165) is 0 Å². The first kappa shape index (κ1) is 7.53. The molecule has 0 unspecified atom stereocenters. The van der Waals surface area contributed by atoms with E-state index in [9.17, 15) is 4.79 Å². The molecule has 1 aromatic heterocycles. The van der Waals surface area contributed by atoms with Crippen LogP contribution in [0.4, 0.5) is 0 Å². The van der Waals surface area contributed by atoms with Gasteiger partial charge in [-0.15, -0.1) is 0 Å². The molecule has 4 nitrogen and oxygen atoms in total. The lowest BCUT2D eigenvalue weighted by atomic mass is 10.3. The molecule has 0 aliphatic carbocycles. The van der Waals surface area contributed by atoms with Crippen LogP contribution < -0.4 is 0 Å². The second-order valence-corrected chi connectivity index (χ2v) is 1.94. The van der Waals surface area contributed by atoms with E-state index in [1.54, 1.807) is 18.3 Å². The van der Waals surface area contributed by atoms with Crippen molar-refractivity contribution in [3.05, 3.63) is 24.0 Å². The number of hydrogen-bond acceptors (Lipinski definition) is 3. The number of aromatic nitrogens is 2. The zero-order valence-electron chi connectivity index (χ0n) is 5.90. The lowest BCUT2D eigenvalue weighted by Crippen LogP contribution is -2.00. The minimum atomic E-state index is -0.287. The molecule has 1 heterocycles. The van der Waals surface area contributed by atoms with Crippen LogP contribution >= 0.6 is 0 Å². The Morgan fingerprint density at radius 3 is 3.09 bits per heavy atom. The fraction of sp³-hybridized carbons (Fsp3) is 0.143. The maximum Gasteiger partial charge on any atom is 0.251 e. The van der Waals surface area contributed by atoms with Crippen LogP contribution in [0.5, 0.6) is 0 Å². The van der Waals surface area contributed by atoms with Crippen molar-refractivity contribution in [2.24, 2.45) is 4.99 Å². The second-order valence-electron chi connectivity index (χ2n) is 1.94. The predicted octanol–water partition coefficient (Wildman–Crippen LogP) is 0.246. The van der Waals surface area contributed by atoms with Crippen molar-refractivity contribution in [1.29, 1.82) is 0 Å². The van der Waals surface area contributed by atoms with Gasteiger partial charge in [-0.3, -0.25) is 4.79 Å². The summed E-state index contributed by atoms with van der Waals surface area (Å²) in [7, 11) is 0. The molecule has 4 heteroatoms. The first-order valence-corrected chi connectivity index (χ1v) is 3.09. The number of rotatable bonds is 2. The van der Waals surface area contributed by atoms with Gasteiger partial charge >= 0.3 is 0 Å². The van der Waals surface area contributed by atoms with E-state index in [4.69, 9.17) is 0 Å². The van der Waals surface area contributed by atoms with Crippen molar-refractivity contribution in [2.75, 3.05) is 0 Å². The highest BCUT2D eigenvalue weighted by Gasteiger charge is 1.99. The standard InChI is InChI=1S/C7H7N3O/c1-8-7(11)5-6-3-2-4-9-10-6/h2-4H,1,5H2. The number of amides is 1. The Kier molecular flexibility index (Phi) is 2.43. The van der Waals surface area contributed by atoms with E-state index in [-0.39, 0.29) is 12.3 Å². The van der Waals surface area contributed by atoms with Crippen molar-refractivity contribution in [2.45, 2.75) is 6.42 Å². The largest absolute Gasteiger partial charge is 0.272 e. The van der Waals surface area contributed by atoms with Gasteiger partial charge in [-0.1, -0.05) is 0 Å². The van der Waals surface area contributed by atoms with Gasteiger partial charge in [0.2, 0.25) is 0 Å². The van der Waals surface area contributed by atoms with Crippen LogP contribution in [0.15, 0.2) is 23.3 Å². The van der Waals surface area contributed by atoms with E-state index in [1.165, 1.54) is 0 Å². The lowest BCUT2D eigenvalue weighted by molar-refractivity contribution is -0.117. The molecule has 0 aliphatic rings. The van der Waals surface area contributed by atoms with Gasteiger partial charge in [0, 0.05) is 6.20 Å². The van der Waals surface area contributed by atoms with Gasteiger partial charge in [0.15, 0.2) is 0 Å². The fourth-order valence-electron chi connectivity index (χ4n) is 0.639. The van der Waals surface area contributed by atoms with Gasteiger partial charge in [0.25, 0.3) is 5.91 Å². The molecule has 0 atom stereocenters. The average Bonchev–Trinajstić information content (AvgIpc) is 2.06. The summed E-state index contributed by atoms with van der Waals surface area (Å²) in [6.07, 6.45) is 1.73. The number of nitrogens with zero attached hydrogens (tertiary/aromatic N) is 3. The molecule has 0 aromatic carbocycles. The smallest absolute Gasteiger partial charge is 0.251 e. The molecule has 1 rings (SSSR count). The van der Waals surface area contributed by atoms with Gasteiger partial charge in [-0.2, -0.15) is 10.2 Å². The van der Waals surface area contributed by atoms with Crippen LogP contribution in [-0.2, 0) is 11.2 Å². The number of carbonyl (C=O) groups excluding carboxylic acids is 1. The Morgan fingerprint density at radius 2 is 2.55 bits per heavy atom. The van der Waals surface area contributed by atoms with Gasteiger partial charge < -0.3 is 0 Å². The van der Waals surface area contributed by atoms with E-state index in [2.05, 4.69) is 21.9 Å². The highest BCUT2D eigenvalue weighted by Crippen LogP contribution is 1.93. The zero-order valence-corrected chi connectivity index (χ0v) is 5.90. The molecular weight excluding hydrogens is 142 g/mol. The summed E-state index contributed by atoms with van der Waals surface area (Å²) >= 11 is 0. The molecule has 0 N–H and O–H groups in total. The Hall–Kier alpha value is -1.58. The first-order valence-electron chi connectivity index (χ1n) is 3.09. The molecule has 0 saturated carbocycles. The fourth-order valence-corrected chi connectivity index (χ4v) is 0.639. The monoisotopic (exact) mass is 149 g/mol. The molecular formula is C7H7N3O. The van der Waals surface area contributed by atoms with Crippen LogP contribution in [0.25, 0.3) is 0 Å². The average molecular weight is 149 g/mol. The van der Waals surface area contributed by atoms with Gasteiger partial charge in [0.1, 0.15) is 0 Å². The maximum atomic E-state index is 10.7. The summed E-state index contributed by atoms with van der Waals surface area (Å²) in [5.41, 5.74) is 0.616. The summed E-state index contributed by atoms with van der Waals surface area (Å²) in [4.78, 5) is 13.9. The predicted molar refractivity (Wildman–Crippen MR) is 40.3 cm³/mol. The minimum Gasteiger partial charge on any atom is -0.272 e. The van der Waals surface area contributed by atoms with Gasteiger partial charge in [0.05, 0.1) is 12.1 Å². The van der Waals surface area contributed by atoms with Crippen LogP contribution in [0.2, 0.25) is 0 Å². The third kappa shape index (κ3) is 2.25. The van der Waals surface area contributed by atoms with Crippen molar-refractivity contribution < 1.29 is 4.79 Å². The summed E-state index contributed by atoms with van der Waals surface area (Å²) in [6.45, 7) is 3.11. The van der Waals surface area contributed by atoms with Crippen molar-refractivity contribution in [3.8, 4) is 0 Å². The molecule has 0 aliphatic heterocycles. The maximum absolute atomic E-state index is 10.7. The first-order chi connectivity index (χ1) is 5.33. The van der Waals surface area contributed by atoms with Crippen molar-refractivity contribution in [1.82, 2.24) is 10.2 Å². The number of carbonyl (C=O) groups is 1. The van der Waals surface area contributed by atoms with Gasteiger partial charge in [-0.25, -0.2) is 4.99 Å². The Balaban J connectivity index is 2.65. The summed E-state index contributed by atoms with van der Waals surface area (Å²) < 4.78 is 0. The zero-order chi connectivity index (χ0) is 8.10. The molecule has 0 spiro atoms. The molecule has 0 saturated heterocycles. The van der Waals surface area contributed by atoms with Crippen LogP contribution in [0, 0.1) is 0 Å². The second kappa shape index (κ2) is 3.55.